The van der Waals surface area contributed by atoms with Crippen LogP contribution in [0.5, 0.6) is 0 Å². The van der Waals surface area contributed by atoms with Crippen LogP contribution in [0.4, 0.5) is 0 Å². The van der Waals surface area contributed by atoms with Gasteiger partial charge in [-0.05, 0) is 37.2 Å². The van der Waals surface area contributed by atoms with Gasteiger partial charge in [0.2, 0.25) is 5.91 Å². The Bertz CT molecular complexity index is 489. The van der Waals surface area contributed by atoms with E-state index in [2.05, 4.69) is 44.2 Å². The number of hydrogen-bond donors (Lipinski definition) is 1. The van der Waals surface area contributed by atoms with E-state index in [0.29, 0.717) is 11.8 Å². The first-order valence-corrected chi connectivity index (χ1v) is 8.62. The molecule has 1 aromatic rings. The number of benzene rings is 1. The lowest BCUT2D eigenvalue weighted by Crippen LogP contribution is -2.56. The molecule has 2 rings (SSSR count). The average molecular weight is 339 g/mol. The molecule has 0 bridgehead atoms. The van der Waals surface area contributed by atoms with Crippen LogP contribution in [0.15, 0.2) is 30.3 Å². The number of hydrogen-bond acceptors (Lipinski definition) is 2. The summed E-state index contributed by atoms with van der Waals surface area (Å²) in [7, 11) is 0. The quantitative estimate of drug-likeness (QED) is 0.883. The highest BCUT2D eigenvalue weighted by Gasteiger charge is 2.37. The number of piperidine rings is 1. The van der Waals surface area contributed by atoms with Crippen LogP contribution in [0.3, 0.4) is 0 Å². The monoisotopic (exact) mass is 338 g/mol. The third kappa shape index (κ3) is 4.71. The van der Waals surface area contributed by atoms with Crippen LogP contribution < -0.4 is 5.73 Å². The fraction of sp³-hybridized carbons (Fsp3) is 0.632. The highest BCUT2D eigenvalue weighted by atomic mass is 35.5. The number of nitrogens with zero attached hydrogens (tertiary/aromatic N) is 1. The molecule has 1 heterocycles. The minimum atomic E-state index is -0.716. The zero-order valence-electron chi connectivity index (χ0n) is 14.6. The molecule has 4 heteroatoms. The number of carbonyl (C=O) groups is 1. The Kier molecular flexibility index (Phi) is 7.56. The topological polar surface area (TPSA) is 46.3 Å². The molecule has 1 aliphatic rings. The third-order valence-electron chi connectivity index (χ3n) is 5.03. The molecule has 0 spiro atoms. The number of rotatable bonds is 5. The molecule has 130 valence electrons. The molecule has 1 aromatic carbocycles. The average Bonchev–Trinajstić information content (AvgIpc) is 2.54. The van der Waals surface area contributed by atoms with Crippen molar-refractivity contribution in [1.29, 1.82) is 0 Å². The fourth-order valence-corrected chi connectivity index (χ4v) is 3.76. The first kappa shape index (κ1) is 20.0. The fourth-order valence-electron chi connectivity index (χ4n) is 3.76. The largest absolute Gasteiger partial charge is 0.341 e. The highest BCUT2D eigenvalue weighted by molar-refractivity contribution is 5.86. The molecular formula is C19H31ClN2O. The Morgan fingerprint density at radius 2 is 1.96 bits per heavy atom. The van der Waals surface area contributed by atoms with Crippen molar-refractivity contribution in [2.75, 3.05) is 13.1 Å². The molecule has 3 unspecified atom stereocenters. The standard InChI is InChI=1S/C19H30N2O.ClH/c1-4-12-19(3,20)18(22)21-13-11-17(15(5-2)14-21)16-9-7-6-8-10-16;/h6-10,15,17H,4-5,11-14,20H2,1-3H3;1H. The van der Waals surface area contributed by atoms with E-state index in [1.54, 1.807) is 0 Å². The molecule has 0 aliphatic carbocycles. The second-order valence-electron chi connectivity index (χ2n) is 6.89. The normalized spacial score (nSPS) is 23.7. The number of likely N-dealkylation sites (tertiary alicyclic amines) is 1. The van der Waals surface area contributed by atoms with Crippen LogP contribution in [-0.2, 0) is 4.79 Å². The minimum Gasteiger partial charge on any atom is -0.341 e. The second kappa shape index (κ2) is 8.70. The van der Waals surface area contributed by atoms with Gasteiger partial charge < -0.3 is 10.6 Å². The van der Waals surface area contributed by atoms with Crippen molar-refractivity contribution in [2.45, 2.75) is 57.9 Å². The van der Waals surface area contributed by atoms with Crippen molar-refractivity contribution in [3.63, 3.8) is 0 Å². The van der Waals surface area contributed by atoms with Gasteiger partial charge in [-0.3, -0.25) is 4.79 Å². The van der Waals surface area contributed by atoms with Gasteiger partial charge in [-0.1, -0.05) is 57.0 Å². The van der Waals surface area contributed by atoms with Crippen molar-refractivity contribution in [1.82, 2.24) is 4.90 Å². The molecule has 23 heavy (non-hydrogen) atoms. The number of carbonyl (C=O) groups excluding carboxylic acids is 1. The Morgan fingerprint density at radius 1 is 1.30 bits per heavy atom. The Labute approximate surface area is 147 Å². The first-order valence-electron chi connectivity index (χ1n) is 8.62. The summed E-state index contributed by atoms with van der Waals surface area (Å²) < 4.78 is 0. The van der Waals surface area contributed by atoms with E-state index in [1.165, 1.54) is 5.56 Å². The van der Waals surface area contributed by atoms with E-state index in [4.69, 9.17) is 5.73 Å². The summed E-state index contributed by atoms with van der Waals surface area (Å²) in [6, 6.07) is 10.7. The summed E-state index contributed by atoms with van der Waals surface area (Å²) in [6.45, 7) is 7.84. The van der Waals surface area contributed by atoms with Gasteiger partial charge in [0.1, 0.15) is 0 Å². The van der Waals surface area contributed by atoms with Gasteiger partial charge in [0.15, 0.2) is 0 Å². The van der Waals surface area contributed by atoms with E-state index < -0.39 is 5.54 Å². The van der Waals surface area contributed by atoms with Crippen LogP contribution in [-0.4, -0.2) is 29.4 Å². The Hall–Kier alpha value is -1.06. The molecule has 3 atom stereocenters. The van der Waals surface area contributed by atoms with Gasteiger partial charge in [-0.2, -0.15) is 0 Å². The maximum absolute atomic E-state index is 12.7. The molecule has 1 amide bonds. The maximum atomic E-state index is 12.7. The van der Waals surface area contributed by atoms with Gasteiger partial charge in [-0.25, -0.2) is 0 Å². The second-order valence-corrected chi connectivity index (χ2v) is 6.89. The summed E-state index contributed by atoms with van der Waals surface area (Å²) in [5.41, 5.74) is 6.94. The SMILES string of the molecule is CCCC(C)(N)C(=O)N1CCC(c2ccccc2)C(CC)C1.Cl. The zero-order chi connectivity index (χ0) is 16.2. The number of halogens is 1. The molecule has 3 nitrogen and oxygen atoms in total. The third-order valence-corrected chi connectivity index (χ3v) is 5.03. The van der Waals surface area contributed by atoms with E-state index in [1.807, 2.05) is 11.8 Å². The predicted octanol–water partition coefficient (Wildman–Crippen LogP) is 3.97. The number of nitrogens with two attached hydrogens (primary N) is 1. The van der Waals surface area contributed by atoms with Gasteiger partial charge in [0.05, 0.1) is 5.54 Å². The van der Waals surface area contributed by atoms with Crippen molar-refractivity contribution < 1.29 is 4.79 Å². The molecule has 1 fully saturated rings. The molecule has 2 N–H and O–H groups in total. The molecule has 1 saturated heterocycles. The van der Waals surface area contributed by atoms with Crippen molar-refractivity contribution in [3.8, 4) is 0 Å². The lowest BCUT2D eigenvalue weighted by atomic mass is 9.78. The maximum Gasteiger partial charge on any atom is 0.242 e. The molecular weight excluding hydrogens is 308 g/mol. The molecule has 0 radical (unpaired) electrons. The summed E-state index contributed by atoms with van der Waals surface area (Å²) in [5, 5.41) is 0. The minimum absolute atomic E-state index is 0. The predicted molar refractivity (Wildman–Crippen MR) is 98.9 cm³/mol. The summed E-state index contributed by atoms with van der Waals surface area (Å²) in [6.07, 6.45) is 3.83. The highest BCUT2D eigenvalue weighted by Crippen LogP contribution is 2.35. The van der Waals surface area contributed by atoms with Crippen molar-refractivity contribution >= 4 is 18.3 Å². The van der Waals surface area contributed by atoms with E-state index in [0.717, 1.165) is 38.8 Å². The van der Waals surface area contributed by atoms with Gasteiger partial charge in [0.25, 0.3) is 0 Å². The number of amides is 1. The molecule has 0 saturated carbocycles. The van der Waals surface area contributed by atoms with E-state index in [9.17, 15) is 4.79 Å². The van der Waals surface area contributed by atoms with E-state index >= 15 is 0 Å². The van der Waals surface area contributed by atoms with Crippen LogP contribution in [0, 0.1) is 5.92 Å². The lowest BCUT2D eigenvalue weighted by molar-refractivity contribution is -0.138. The van der Waals surface area contributed by atoms with Crippen LogP contribution in [0.1, 0.15) is 57.9 Å². The van der Waals surface area contributed by atoms with Gasteiger partial charge in [-0.15, -0.1) is 12.4 Å². The van der Waals surface area contributed by atoms with Crippen LogP contribution in [0.2, 0.25) is 0 Å². The summed E-state index contributed by atoms with van der Waals surface area (Å²) in [4.78, 5) is 14.7. The van der Waals surface area contributed by atoms with Crippen molar-refractivity contribution in [2.24, 2.45) is 11.7 Å². The van der Waals surface area contributed by atoms with Gasteiger partial charge in [0, 0.05) is 13.1 Å². The van der Waals surface area contributed by atoms with E-state index in [-0.39, 0.29) is 18.3 Å². The van der Waals surface area contributed by atoms with Crippen LogP contribution in [0.25, 0.3) is 0 Å². The van der Waals surface area contributed by atoms with Gasteiger partial charge >= 0.3 is 0 Å². The zero-order valence-corrected chi connectivity index (χ0v) is 15.4. The van der Waals surface area contributed by atoms with Crippen LogP contribution >= 0.6 is 12.4 Å². The summed E-state index contributed by atoms with van der Waals surface area (Å²) >= 11 is 0. The Balaban J connectivity index is 0.00000264. The summed E-state index contributed by atoms with van der Waals surface area (Å²) in [5.74, 6) is 1.21. The first-order chi connectivity index (χ1) is 10.5. The molecule has 0 aromatic heterocycles. The lowest BCUT2D eigenvalue weighted by Gasteiger charge is -2.41. The molecule has 1 aliphatic heterocycles. The smallest absolute Gasteiger partial charge is 0.242 e. The van der Waals surface area contributed by atoms with Crippen molar-refractivity contribution in [3.05, 3.63) is 35.9 Å². The Morgan fingerprint density at radius 3 is 2.52 bits per heavy atom.